The second kappa shape index (κ2) is 8.52. The Bertz CT molecular complexity index is 938. The Balaban J connectivity index is 0.00000136. The van der Waals surface area contributed by atoms with E-state index in [0.717, 1.165) is 5.56 Å². The van der Waals surface area contributed by atoms with E-state index < -0.39 is 22.8 Å². The Morgan fingerprint density at radius 1 is 1.39 bits per heavy atom. The van der Waals surface area contributed by atoms with Crippen LogP contribution in [-0.2, 0) is 23.4 Å². The number of rotatable bonds is 3. The molecule has 1 amide bonds. The highest BCUT2D eigenvalue weighted by Crippen LogP contribution is 2.27. The number of hydrogen-bond donors (Lipinski definition) is 2. The molecule has 0 bridgehead atoms. The molecule has 0 radical (unpaired) electrons. The number of carbonyl (C=O) groups excluding carboxylic acids is 1. The van der Waals surface area contributed by atoms with Gasteiger partial charge in [0, 0.05) is 6.54 Å². The molecule has 1 aliphatic rings. The minimum absolute atomic E-state index is 0.115. The highest BCUT2D eigenvalue weighted by Gasteiger charge is 2.34. The van der Waals surface area contributed by atoms with Crippen LogP contribution in [0.5, 0.6) is 5.75 Å². The summed E-state index contributed by atoms with van der Waals surface area (Å²) >= 11 is 0. The zero-order chi connectivity index (χ0) is 21.1. The Morgan fingerprint density at radius 3 is 2.71 bits per heavy atom. The van der Waals surface area contributed by atoms with Gasteiger partial charge in [0.25, 0.3) is 11.5 Å². The fourth-order valence-corrected chi connectivity index (χ4v) is 2.94. The maximum Gasteiger partial charge on any atom is 0.296 e. The highest BCUT2D eigenvalue weighted by molar-refractivity contribution is 5.94. The van der Waals surface area contributed by atoms with Gasteiger partial charge in [-0.05, 0) is 44.0 Å². The van der Waals surface area contributed by atoms with Crippen LogP contribution in [0, 0.1) is 12.7 Å². The van der Waals surface area contributed by atoms with Crippen LogP contribution < -0.4 is 10.9 Å². The Labute approximate surface area is 163 Å². The van der Waals surface area contributed by atoms with Crippen LogP contribution >= 0.6 is 0 Å². The van der Waals surface area contributed by atoms with Gasteiger partial charge in [-0.15, -0.1) is 0 Å². The number of aryl methyl sites for hydroxylation is 1. The number of halogens is 1. The summed E-state index contributed by atoms with van der Waals surface area (Å²) in [6.45, 7) is 9.90. The highest BCUT2D eigenvalue weighted by atomic mass is 19.1. The van der Waals surface area contributed by atoms with E-state index in [0.29, 0.717) is 12.2 Å². The Hall–Kier alpha value is -2.74. The number of ether oxygens (including phenoxy) is 1. The van der Waals surface area contributed by atoms with Crippen molar-refractivity contribution < 1.29 is 19.0 Å². The molecule has 1 aliphatic heterocycles. The van der Waals surface area contributed by atoms with Gasteiger partial charge >= 0.3 is 0 Å². The molecule has 0 spiro atoms. The van der Waals surface area contributed by atoms with Crippen LogP contribution in [0.15, 0.2) is 23.0 Å². The van der Waals surface area contributed by atoms with E-state index in [-0.39, 0.29) is 30.4 Å². The standard InChI is InChI=1S/C18H20FN3O4.C2H6/c1-10-8-12(19)5-4-11(10)9-20-15(24)13-14(23)16(25)22-6-7-26-18(2,3)17(22)21-13;1-2/h4-5,8,23H,6-7,9H2,1-3H3,(H,20,24);1-2H3. The molecule has 3 rings (SSSR count). The minimum atomic E-state index is -0.853. The Morgan fingerprint density at radius 2 is 2.07 bits per heavy atom. The van der Waals surface area contributed by atoms with Gasteiger partial charge in [0.2, 0.25) is 5.75 Å². The van der Waals surface area contributed by atoms with Crippen LogP contribution in [0.1, 0.15) is 55.1 Å². The summed E-state index contributed by atoms with van der Waals surface area (Å²) in [7, 11) is 0. The SMILES string of the molecule is CC.Cc1cc(F)ccc1CNC(=O)c1nc2n(c(=O)c1O)CCOC2(C)C. The molecule has 0 fully saturated rings. The summed E-state index contributed by atoms with van der Waals surface area (Å²) in [4.78, 5) is 29.0. The quantitative estimate of drug-likeness (QED) is 0.839. The van der Waals surface area contributed by atoms with Crippen LogP contribution in [0.25, 0.3) is 0 Å². The molecule has 0 unspecified atom stereocenters. The van der Waals surface area contributed by atoms with Crippen molar-refractivity contribution in [2.75, 3.05) is 6.61 Å². The number of benzene rings is 1. The van der Waals surface area contributed by atoms with Crippen molar-refractivity contribution in [2.45, 2.75) is 53.3 Å². The predicted molar refractivity (Wildman–Crippen MR) is 103 cm³/mol. The lowest BCUT2D eigenvalue weighted by molar-refractivity contribution is -0.0566. The molecule has 2 N–H and O–H groups in total. The molecule has 0 aliphatic carbocycles. The van der Waals surface area contributed by atoms with E-state index in [9.17, 15) is 19.1 Å². The zero-order valence-electron chi connectivity index (χ0n) is 16.8. The second-order valence-corrected chi connectivity index (χ2v) is 6.70. The van der Waals surface area contributed by atoms with Crippen LogP contribution in [-0.4, -0.2) is 27.2 Å². The van der Waals surface area contributed by atoms with Gasteiger partial charge in [-0.2, -0.15) is 0 Å². The summed E-state index contributed by atoms with van der Waals surface area (Å²) in [6, 6.07) is 4.23. The molecular formula is C20H26FN3O4. The summed E-state index contributed by atoms with van der Waals surface area (Å²) in [5.74, 6) is -1.45. The van der Waals surface area contributed by atoms with Gasteiger partial charge < -0.3 is 15.2 Å². The number of aromatic hydroxyl groups is 1. The average molecular weight is 391 g/mol. The number of nitrogens with zero attached hydrogens (tertiary/aromatic N) is 2. The second-order valence-electron chi connectivity index (χ2n) is 6.70. The number of hydrogen-bond acceptors (Lipinski definition) is 5. The molecule has 152 valence electrons. The van der Waals surface area contributed by atoms with Gasteiger partial charge in [-0.3, -0.25) is 14.2 Å². The minimum Gasteiger partial charge on any atom is -0.501 e. The van der Waals surface area contributed by atoms with Gasteiger partial charge in [0.15, 0.2) is 5.69 Å². The van der Waals surface area contributed by atoms with Crippen molar-refractivity contribution in [1.29, 1.82) is 0 Å². The van der Waals surface area contributed by atoms with Gasteiger partial charge in [-0.1, -0.05) is 19.9 Å². The van der Waals surface area contributed by atoms with Crippen molar-refractivity contribution in [3.05, 3.63) is 57.0 Å². The molecule has 0 atom stereocenters. The third-order valence-corrected chi connectivity index (χ3v) is 4.42. The molecule has 2 heterocycles. The lowest BCUT2D eigenvalue weighted by Gasteiger charge is -2.32. The predicted octanol–water partition coefficient (Wildman–Crippen LogP) is 2.62. The van der Waals surface area contributed by atoms with E-state index in [4.69, 9.17) is 4.74 Å². The van der Waals surface area contributed by atoms with E-state index >= 15 is 0 Å². The van der Waals surface area contributed by atoms with Crippen molar-refractivity contribution in [1.82, 2.24) is 14.9 Å². The lowest BCUT2D eigenvalue weighted by atomic mass is 10.1. The zero-order valence-corrected chi connectivity index (χ0v) is 16.8. The van der Waals surface area contributed by atoms with Crippen molar-refractivity contribution >= 4 is 5.91 Å². The van der Waals surface area contributed by atoms with Crippen molar-refractivity contribution in [3.8, 4) is 5.75 Å². The van der Waals surface area contributed by atoms with Crippen molar-refractivity contribution in [3.63, 3.8) is 0 Å². The van der Waals surface area contributed by atoms with Gasteiger partial charge in [0.1, 0.15) is 17.2 Å². The summed E-state index contributed by atoms with van der Waals surface area (Å²) in [5.41, 5.74) is -0.470. The summed E-state index contributed by atoms with van der Waals surface area (Å²) in [6.07, 6.45) is 0. The normalized spacial score (nSPS) is 14.5. The molecule has 0 saturated heterocycles. The third kappa shape index (κ3) is 4.22. The number of amides is 1. The van der Waals surface area contributed by atoms with Gasteiger partial charge in [-0.25, -0.2) is 9.37 Å². The van der Waals surface area contributed by atoms with Crippen molar-refractivity contribution in [2.24, 2.45) is 0 Å². The number of nitrogens with one attached hydrogen (secondary N) is 1. The van der Waals surface area contributed by atoms with E-state index in [1.54, 1.807) is 26.8 Å². The van der Waals surface area contributed by atoms with E-state index in [1.807, 2.05) is 13.8 Å². The monoisotopic (exact) mass is 391 g/mol. The molecule has 2 aromatic rings. The molecule has 28 heavy (non-hydrogen) atoms. The number of aromatic nitrogens is 2. The summed E-state index contributed by atoms with van der Waals surface area (Å²) in [5, 5.41) is 12.7. The van der Waals surface area contributed by atoms with Crippen LogP contribution in [0.2, 0.25) is 0 Å². The molecule has 8 heteroatoms. The first-order chi connectivity index (χ1) is 13.2. The first-order valence-corrected chi connectivity index (χ1v) is 9.22. The van der Waals surface area contributed by atoms with Crippen LogP contribution in [0.4, 0.5) is 4.39 Å². The molecule has 0 saturated carbocycles. The number of fused-ring (bicyclic) bond motifs is 1. The first kappa shape index (κ1) is 21.6. The third-order valence-electron chi connectivity index (χ3n) is 4.42. The van der Waals surface area contributed by atoms with Crippen LogP contribution in [0.3, 0.4) is 0 Å². The molecule has 1 aromatic heterocycles. The maximum absolute atomic E-state index is 13.2. The van der Waals surface area contributed by atoms with E-state index in [2.05, 4.69) is 10.3 Å². The maximum atomic E-state index is 13.2. The number of carbonyl (C=O) groups is 1. The first-order valence-electron chi connectivity index (χ1n) is 9.22. The van der Waals surface area contributed by atoms with Gasteiger partial charge in [0.05, 0.1) is 13.2 Å². The summed E-state index contributed by atoms with van der Waals surface area (Å²) < 4.78 is 20.1. The molecule has 7 nitrogen and oxygen atoms in total. The average Bonchev–Trinajstić information content (AvgIpc) is 2.65. The largest absolute Gasteiger partial charge is 0.501 e. The van der Waals surface area contributed by atoms with E-state index in [1.165, 1.54) is 16.7 Å². The topological polar surface area (TPSA) is 93.5 Å². The smallest absolute Gasteiger partial charge is 0.296 e. The molecular weight excluding hydrogens is 365 g/mol. The molecule has 1 aromatic carbocycles. The lowest BCUT2D eigenvalue weighted by Crippen LogP contribution is -2.42. The Kier molecular flexibility index (Phi) is 6.56. The fourth-order valence-electron chi connectivity index (χ4n) is 2.94. The fraction of sp³-hybridized carbons (Fsp3) is 0.450.